The number of benzene rings is 1. The summed E-state index contributed by atoms with van der Waals surface area (Å²) in [7, 11) is 1.75. The molecule has 1 aromatic carbocycles. The average Bonchev–Trinajstić information content (AvgIpc) is 3.08. The highest BCUT2D eigenvalue weighted by Crippen LogP contribution is 2.30. The molecule has 7 heteroatoms. The first-order valence-corrected chi connectivity index (χ1v) is 7.55. The van der Waals surface area contributed by atoms with Crippen LogP contribution < -0.4 is 14.8 Å². The van der Waals surface area contributed by atoms with Gasteiger partial charge in [-0.1, -0.05) is 12.1 Å². The molecule has 1 atom stereocenters. The molecule has 122 valence electrons. The summed E-state index contributed by atoms with van der Waals surface area (Å²) >= 11 is 0. The van der Waals surface area contributed by atoms with Crippen molar-refractivity contribution >= 4 is 6.03 Å². The van der Waals surface area contributed by atoms with Crippen molar-refractivity contribution in [2.45, 2.75) is 12.6 Å². The number of carbonyl (C=O) groups is 1. The Morgan fingerprint density at radius 1 is 1.43 bits per heavy atom. The number of amides is 2. The van der Waals surface area contributed by atoms with Crippen LogP contribution in [0.4, 0.5) is 4.79 Å². The van der Waals surface area contributed by atoms with Crippen molar-refractivity contribution in [3.05, 3.63) is 43.0 Å². The van der Waals surface area contributed by atoms with Crippen molar-refractivity contribution in [2.75, 3.05) is 26.7 Å². The number of nitrogens with one attached hydrogen (secondary N) is 1. The van der Waals surface area contributed by atoms with Gasteiger partial charge in [0.25, 0.3) is 0 Å². The van der Waals surface area contributed by atoms with Crippen LogP contribution in [-0.4, -0.2) is 53.3 Å². The second kappa shape index (κ2) is 7.04. The van der Waals surface area contributed by atoms with E-state index in [-0.39, 0.29) is 12.1 Å². The Morgan fingerprint density at radius 2 is 2.26 bits per heavy atom. The molecule has 1 unspecified atom stereocenters. The van der Waals surface area contributed by atoms with Gasteiger partial charge in [-0.2, -0.15) is 0 Å². The third-order valence-corrected chi connectivity index (χ3v) is 3.60. The molecule has 0 radical (unpaired) electrons. The van der Waals surface area contributed by atoms with Gasteiger partial charge in [-0.25, -0.2) is 9.78 Å². The maximum atomic E-state index is 12.1. The van der Waals surface area contributed by atoms with Gasteiger partial charge in [0.2, 0.25) is 0 Å². The monoisotopic (exact) mass is 316 g/mol. The third-order valence-electron chi connectivity index (χ3n) is 3.60. The molecular formula is C16H20N4O3. The Kier molecular flexibility index (Phi) is 4.65. The van der Waals surface area contributed by atoms with Crippen LogP contribution >= 0.6 is 0 Å². The highest BCUT2D eigenvalue weighted by Gasteiger charge is 2.23. The van der Waals surface area contributed by atoms with Crippen LogP contribution in [0, 0.1) is 0 Å². The Balaban J connectivity index is 1.43. The number of imidazole rings is 1. The van der Waals surface area contributed by atoms with Gasteiger partial charge in [0, 0.05) is 32.5 Å². The van der Waals surface area contributed by atoms with E-state index >= 15 is 0 Å². The molecule has 0 aliphatic carbocycles. The summed E-state index contributed by atoms with van der Waals surface area (Å²) in [6, 6.07) is 7.41. The minimum absolute atomic E-state index is 0.132. The fourth-order valence-electron chi connectivity index (χ4n) is 2.39. The lowest BCUT2D eigenvalue weighted by molar-refractivity contribution is 0.0716. The zero-order valence-electron chi connectivity index (χ0n) is 13.0. The van der Waals surface area contributed by atoms with Crippen molar-refractivity contribution in [2.24, 2.45) is 0 Å². The van der Waals surface area contributed by atoms with Gasteiger partial charge in [0.1, 0.15) is 6.61 Å². The Hall–Kier alpha value is -2.70. The molecule has 23 heavy (non-hydrogen) atoms. The van der Waals surface area contributed by atoms with Crippen LogP contribution in [-0.2, 0) is 6.54 Å². The zero-order valence-corrected chi connectivity index (χ0v) is 13.0. The van der Waals surface area contributed by atoms with Gasteiger partial charge in [-0.15, -0.1) is 0 Å². The van der Waals surface area contributed by atoms with E-state index in [1.165, 1.54) is 0 Å². The number of fused-ring (bicyclic) bond motifs is 1. The largest absolute Gasteiger partial charge is 0.486 e. The smallest absolute Gasteiger partial charge is 0.317 e. The fraction of sp³-hybridized carbons (Fsp3) is 0.375. The lowest BCUT2D eigenvalue weighted by atomic mass is 10.2. The first-order chi connectivity index (χ1) is 11.2. The fourth-order valence-corrected chi connectivity index (χ4v) is 2.39. The predicted molar refractivity (Wildman–Crippen MR) is 84.6 cm³/mol. The van der Waals surface area contributed by atoms with Crippen molar-refractivity contribution in [3.8, 4) is 11.5 Å². The minimum Gasteiger partial charge on any atom is -0.486 e. The van der Waals surface area contributed by atoms with Crippen LogP contribution in [0.2, 0.25) is 0 Å². The van der Waals surface area contributed by atoms with Gasteiger partial charge in [0.05, 0.1) is 12.9 Å². The van der Waals surface area contributed by atoms with Crippen molar-refractivity contribution in [1.82, 2.24) is 19.8 Å². The van der Waals surface area contributed by atoms with Crippen LogP contribution in [0.1, 0.15) is 0 Å². The predicted octanol–water partition coefficient (Wildman–Crippen LogP) is 1.36. The summed E-state index contributed by atoms with van der Waals surface area (Å²) in [6.45, 7) is 2.13. The minimum atomic E-state index is -0.172. The van der Waals surface area contributed by atoms with E-state index in [9.17, 15) is 4.79 Å². The molecule has 0 bridgehead atoms. The molecule has 7 nitrogen and oxygen atoms in total. The number of para-hydroxylation sites is 2. The van der Waals surface area contributed by atoms with E-state index in [2.05, 4.69) is 10.3 Å². The molecule has 0 spiro atoms. The molecule has 3 rings (SSSR count). The maximum Gasteiger partial charge on any atom is 0.317 e. The van der Waals surface area contributed by atoms with Crippen LogP contribution in [0.5, 0.6) is 11.5 Å². The molecule has 0 saturated heterocycles. The lowest BCUT2D eigenvalue weighted by Gasteiger charge is -2.29. The lowest BCUT2D eigenvalue weighted by Crippen LogP contribution is -2.46. The van der Waals surface area contributed by atoms with Crippen LogP contribution in [0.3, 0.4) is 0 Å². The van der Waals surface area contributed by atoms with Gasteiger partial charge >= 0.3 is 6.03 Å². The topological polar surface area (TPSA) is 68.6 Å². The van der Waals surface area contributed by atoms with E-state index in [1.54, 1.807) is 24.5 Å². The van der Waals surface area contributed by atoms with Crippen LogP contribution in [0.15, 0.2) is 43.0 Å². The molecule has 0 fully saturated rings. The molecule has 1 N–H and O–H groups in total. The van der Waals surface area contributed by atoms with Gasteiger partial charge < -0.3 is 24.3 Å². The number of hydrogen-bond donors (Lipinski definition) is 1. The van der Waals surface area contributed by atoms with E-state index in [0.29, 0.717) is 26.2 Å². The SMILES string of the molecule is CN(CC1COc2ccccc2O1)C(=O)NCCn1ccnc1. The summed E-state index contributed by atoms with van der Waals surface area (Å²) in [4.78, 5) is 17.7. The summed E-state index contributed by atoms with van der Waals surface area (Å²) in [6.07, 6.45) is 5.13. The van der Waals surface area contributed by atoms with E-state index in [1.807, 2.05) is 35.0 Å². The van der Waals surface area contributed by atoms with Crippen LogP contribution in [0.25, 0.3) is 0 Å². The summed E-state index contributed by atoms with van der Waals surface area (Å²) in [5.41, 5.74) is 0. The molecule has 0 saturated carbocycles. The zero-order chi connectivity index (χ0) is 16.1. The third kappa shape index (κ3) is 3.94. The Labute approximate surface area is 134 Å². The number of aromatic nitrogens is 2. The summed E-state index contributed by atoms with van der Waals surface area (Å²) in [5.74, 6) is 1.47. The van der Waals surface area contributed by atoms with Crippen molar-refractivity contribution < 1.29 is 14.3 Å². The number of hydrogen-bond acceptors (Lipinski definition) is 4. The highest BCUT2D eigenvalue weighted by molar-refractivity contribution is 5.73. The van der Waals surface area contributed by atoms with Gasteiger partial charge in [-0.05, 0) is 12.1 Å². The second-order valence-electron chi connectivity index (χ2n) is 5.41. The normalized spacial score (nSPS) is 16.0. The molecule has 1 aliphatic heterocycles. The number of likely N-dealkylation sites (N-methyl/N-ethyl adjacent to an activating group) is 1. The number of nitrogens with zero attached hydrogens (tertiary/aromatic N) is 3. The first kappa shape index (κ1) is 15.2. The number of urea groups is 1. The summed E-state index contributed by atoms with van der Waals surface area (Å²) in [5, 5.41) is 2.87. The van der Waals surface area contributed by atoms with Crippen molar-refractivity contribution in [3.63, 3.8) is 0 Å². The molecule has 2 aromatic rings. The van der Waals surface area contributed by atoms with Gasteiger partial charge in [0.15, 0.2) is 17.6 Å². The second-order valence-corrected chi connectivity index (χ2v) is 5.41. The number of ether oxygens (including phenoxy) is 2. The van der Waals surface area contributed by atoms with Crippen molar-refractivity contribution in [1.29, 1.82) is 0 Å². The Bertz CT molecular complexity index is 645. The number of rotatable bonds is 5. The molecule has 1 aliphatic rings. The quantitative estimate of drug-likeness (QED) is 0.904. The molecule has 2 heterocycles. The van der Waals surface area contributed by atoms with E-state index in [0.717, 1.165) is 11.5 Å². The van der Waals surface area contributed by atoms with E-state index in [4.69, 9.17) is 9.47 Å². The molecule has 1 aromatic heterocycles. The van der Waals surface area contributed by atoms with E-state index < -0.39 is 0 Å². The standard InChI is InChI=1S/C16H20N4O3/c1-19(16(21)18-7-9-20-8-6-17-12-20)10-13-11-22-14-4-2-3-5-15(14)23-13/h2-6,8,12-13H,7,9-11H2,1H3,(H,18,21). The first-order valence-electron chi connectivity index (χ1n) is 7.55. The average molecular weight is 316 g/mol. The number of carbonyl (C=O) groups excluding carboxylic acids is 1. The summed E-state index contributed by atoms with van der Waals surface area (Å²) < 4.78 is 13.4. The van der Waals surface area contributed by atoms with Gasteiger partial charge in [-0.3, -0.25) is 0 Å². The molecule has 2 amide bonds. The maximum absolute atomic E-state index is 12.1. The Morgan fingerprint density at radius 3 is 3.04 bits per heavy atom. The highest BCUT2D eigenvalue weighted by atomic mass is 16.6. The molecular weight excluding hydrogens is 296 g/mol.